The predicted molar refractivity (Wildman–Crippen MR) is 157 cm³/mol. The third-order valence-corrected chi connectivity index (χ3v) is 6.92. The molecule has 0 saturated carbocycles. The molecule has 2 atom stereocenters. The molecule has 2 heterocycles. The van der Waals surface area contributed by atoms with Crippen LogP contribution in [0.5, 0.6) is 0 Å². The number of benzene rings is 3. The van der Waals surface area contributed by atoms with Crippen molar-refractivity contribution >= 4 is 6.08 Å². The van der Waals surface area contributed by atoms with E-state index in [1.54, 1.807) is 0 Å². The van der Waals surface area contributed by atoms with Gasteiger partial charge in [0, 0.05) is 44.0 Å². The van der Waals surface area contributed by atoms with E-state index in [0.29, 0.717) is 11.8 Å². The Morgan fingerprint density at radius 1 is 0.590 bits per heavy atom. The number of aromatic nitrogens is 2. The molecule has 2 aliphatic carbocycles. The van der Waals surface area contributed by atoms with E-state index in [-0.39, 0.29) is 20.1 Å². The second-order valence-electron chi connectivity index (χ2n) is 9.37. The zero-order valence-corrected chi connectivity index (χ0v) is 23.7. The van der Waals surface area contributed by atoms with Crippen LogP contribution >= 0.6 is 0 Å². The van der Waals surface area contributed by atoms with E-state index in [1.165, 1.54) is 22.3 Å². The molecular weight excluding hydrogens is 653 g/mol. The van der Waals surface area contributed by atoms with Crippen molar-refractivity contribution in [1.82, 2.24) is 9.97 Å². The van der Waals surface area contributed by atoms with Crippen molar-refractivity contribution in [2.24, 2.45) is 5.92 Å². The fraction of sp³-hybridized carbons (Fsp3) is 0.0556. The Kier molecular flexibility index (Phi) is 8.53. The third kappa shape index (κ3) is 6.12. The van der Waals surface area contributed by atoms with Crippen LogP contribution in [-0.4, -0.2) is 9.97 Å². The summed E-state index contributed by atoms with van der Waals surface area (Å²) in [7, 11) is 0. The maximum Gasteiger partial charge on any atom is 0.0702 e. The van der Waals surface area contributed by atoms with Gasteiger partial charge in [-0.15, -0.1) is 41.0 Å². The van der Waals surface area contributed by atoms with E-state index in [4.69, 9.17) is 0 Å². The molecule has 0 spiro atoms. The SMILES string of the molecule is [Ir].[c-]1cc2c(cc1-c1ccccn1)C1C=CC=CC1C=C2.c1ccc(-c2cccc(-c3ccccn3)c2)cc1. The van der Waals surface area contributed by atoms with Crippen molar-refractivity contribution < 1.29 is 20.1 Å². The summed E-state index contributed by atoms with van der Waals surface area (Å²) >= 11 is 0. The molecule has 0 bridgehead atoms. The summed E-state index contributed by atoms with van der Waals surface area (Å²) in [6, 6.07) is 38.5. The number of allylic oxidation sites excluding steroid dienone is 5. The van der Waals surface area contributed by atoms with Gasteiger partial charge in [0.1, 0.15) is 0 Å². The number of pyridine rings is 2. The van der Waals surface area contributed by atoms with Crippen LogP contribution in [0.3, 0.4) is 0 Å². The topological polar surface area (TPSA) is 25.8 Å². The van der Waals surface area contributed by atoms with Crippen LogP contribution in [0.15, 0.2) is 146 Å². The van der Waals surface area contributed by atoms with Crippen LogP contribution in [0, 0.1) is 12.0 Å². The summed E-state index contributed by atoms with van der Waals surface area (Å²) < 4.78 is 0. The van der Waals surface area contributed by atoms with E-state index in [0.717, 1.165) is 22.5 Å². The van der Waals surface area contributed by atoms with Crippen LogP contribution in [0.4, 0.5) is 0 Å². The minimum atomic E-state index is 0. The van der Waals surface area contributed by atoms with Crippen molar-refractivity contribution in [3.8, 4) is 33.6 Å². The van der Waals surface area contributed by atoms with Gasteiger partial charge in [0.15, 0.2) is 0 Å². The van der Waals surface area contributed by atoms with Gasteiger partial charge < -0.3 is 4.98 Å². The van der Waals surface area contributed by atoms with Crippen LogP contribution in [-0.2, 0) is 20.1 Å². The molecule has 0 amide bonds. The average molecular weight is 680 g/mol. The average Bonchev–Trinajstić information content (AvgIpc) is 3.02. The molecule has 2 aliphatic rings. The first kappa shape index (κ1) is 26.4. The fourth-order valence-electron chi connectivity index (χ4n) is 4.98. The monoisotopic (exact) mass is 680 g/mol. The van der Waals surface area contributed by atoms with Crippen LogP contribution in [0.25, 0.3) is 39.7 Å². The van der Waals surface area contributed by atoms with E-state index < -0.39 is 0 Å². The zero-order chi connectivity index (χ0) is 25.6. The predicted octanol–water partition coefficient (Wildman–Crippen LogP) is 8.81. The summed E-state index contributed by atoms with van der Waals surface area (Å²) in [6.45, 7) is 0. The quantitative estimate of drug-likeness (QED) is 0.178. The molecule has 7 rings (SSSR count). The largest absolute Gasteiger partial charge is 0.305 e. The molecule has 0 saturated heterocycles. The Balaban J connectivity index is 0.000000155. The number of hydrogen-bond donors (Lipinski definition) is 0. The molecular formula is C36H27IrN2-. The number of nitrogens with zero attached hydrogens (tertiary/aromatic N) is 2. The molecule has 0 fully saturated rings. The zero-order valence-electron chi connectivity index (χ0n) is 21.3. The molecule has 0 N–H and O–H groups in total. The Morgan fingerprint density at radius 3 is 2.05 bits per heavy atom. The van der Waals surface area contributed by atoms with Crippen LogP contribution in [0.1, 0.15) is 17.0 Å². The Labute approximate surface area is 243 Å². The van der Waals surface area contributed by atoms with Gasteiger partial charge in [0.05, 0.1) is 5.69 Å². The molecule has 1 radical (unpaired) electrons. The van der Waals surface area contributed by atoms with Gasteiger partial charge >= 0.3 is 0 Å². The Bertz CT molecular complexity index is 1550. The molecule has 5 aromatic rings. The summed E-state index contributed by atoms with van der Waals surface area (Å²) in [5, 5.41) is 0. The van der Waals surface area contributed by atoms with Crippen molar-refractivity contribution in [2.75, 3.05) is 0 Å². The van der Waals surface area contributed by atoms with Crippen LogP contribution in [0.2, 0.25) is 0 Å². The molecule has 2 unspecified atom stereocenters. The summed E-state index contributed by atoms with van der Waals surface area (Å²) in [6.07, 6.45) is 17.0. The number of fused-ring (bicyclic) bond motifs is 3. The molecule has 3 aromatic carbocycles. The van der Waals surface area contributed by atoms with Gasteiger partial charge in [-0.2, -0.15) is 0 Å². The van der Waals surface area contributed by atoms with Crippen molar-refractivity contribution in [3.63, 3.8) is 0 Å². The summed E-state index contributed by atoms with van der Waals surface area (Å²) in [4.78, 5) is 8.80. The molecule has 3 heteroatoms. The van der Waals surface area contributed by atoms with Gasteiger partial charge in [-0.1, -0.05) is 97.1 Å². The first-order valence-electron chi connectivity index (χ1n) is 12.9. The van der Waals surface area contributed by atoms with E-state index in [9.17, 15) is 0 Å². The van der Waals surface area contributed by atoms with E-state index in [2.05, 4.69) is 113 Å². The smallest absolute Gasteiger partial charge is 0.0702 e. The first-order valence-corrected chi connectivity index (χ1v) is 12.9. The van der Waals surface area contributed by atoms with Crippen molar-refractivity contribution in [2.45, 2.75) is 5.92 Å². The standard InChI is InChI=1S/C19H14N.C17H13N.Ir/c1-2-6-17-14(5-1)8-9-15-10-11-16(13-18(15)17)19-7-3-4-12-20-19;1-2-7-14(8-3-1)15-9-6-10-16(13-15)17-11-4-5-12-18-17;/h1-10,12-14,17H;1-13H;/q-1;;. The van der Waals surface area contributed by atoms with Gasteiger partial charge in [0.25, 0.3) is 0 Å². The summed E-state index contributed by atoms with van der Waals surface area (Å²) in [5.41, 5.74) is 9.31. The van der Waals surface area contributed by atoms with Crippen LogP contribution < -0.4 is 0 Å². The second-order valence-corrected chi connectivity index (χ2v) is 9.37. The third-order valence-electron chi connectivity index (χ3n) is 6.92. The normalized spacial score (nSPS) is 16.2. The minimum Gasteiger partial charge on any atom is -0.305 e. The number of hydrogen-bond acceptors (Lipinski definition) is 2. The molecule has 2 nitrogen and oxygen atoms in total. The molecule has 2 aromatic heterocycles. The number of rotatable bonds is 3. The van der Waals surface area contributed by atoms with Gasteiger partial charge in [-0.3, -0.25) is 4.98 Å². The molecule has 39 heavy (non-hydrogen) atoms. The minimum absolute atomic E-state index is 0. The van der Waals surface area contributed by atoms with Crippen molar-refractivity contribution in [1.29, 1.82) is 0 Å². The summed E-state index contributed by atoms with van der Waals surface area (Å²) in [5.74, 6) is 0.920. The van der Waals surface area contributed by atoms with Gasteiger partial charge in [0.2, 0.25) is 0 Å². The fourth-order valence-corrected chi connectivity index (χ4v) is 4.98. The first-order chi connectivity index (χ1) is 18.8. The molecule has 0 aliphatic heterocycles. The Hall–Kier alpha value is -4.17. The maximum absolute atomic E-state index is 4.42. The molecule has 191 valence electrons. The second kappa shape index (κ2) is 12.6. The van der Waals surface area contributed by atoms with Gasteiger partial charge in [-0.05, 0) is 47.0 Å². The van der Waals surface area contributed by atoms with Crippen molar-refractivity contribution in [3.05, 3.63) is 163 Å². The van der Waals surface area contributed by atoms with E-state index >= 15 is 0 Å². The Morgan fingerprint density at radius 2 is 1.28 bits per heavy atom. The van der Waals surface area contributed by atoms with Gasteiger partial charge in [-0.25, -0.2) is 0 Å². The van der Waals surface area contributed by atoms with E-state index in [1.807, 2.05) is 54.9 Å². The maximum atomic E-state index is 4.42.